The summed E-state index contributed by atoms with van der Waals surface area (Å²) >= 11 is 6.07. The van der Waals surface area contributed by atoms with Gasteiger partial charge >= 0.3 is 0 Å². The van der Waals surface area contributed by atoms with E-state index in [1.54, 1.807) is 6.92 Å². The largest absolute Gasteiger partial charge is 0.390 e. The molecule has 1 aromatic carbocycles. The topological polar surface area (TPSA) is 40.5 Å². The quantitative estimate of drug-likeness (QED) is 0.853. The molecular formula is C13H19ClO2. The average molecular weight is 243 g/mol. The summed E-state index contributed by atoms with van der Waals surface area (Å²) in [6.45, 7) is 5.45. The zero-order valence-electron chi connectivity index (χ0n) is 10.00. The van der Waals surface area contributed by atoms with Crippen molar-refractivity contribution in [2.24, 2.45) is 0 Å². The molecule has 0 aromatic heterocycles. The predicted molar refractivity (Wildman–Crippen MR) is 66.8 cm³/mol. The van der Waals surface area contributed by atoms with Gasteiger partial charge in [0.2, 0.25) is 0 Å². The molecule has 0 heterocycles. The van der Waals surface area contributed by atoms with Crippen LogP contribution in [0.5, 0.6) is 0 Å². The first-order chi connectivity index (χ1) is 7.36. The fourth-order valence-corrected chi connectivity index (χ4v) is 1.79. The lowest BCUT2D eigenvalue weighted by atomic mass is 9.91. The molecule has 0 aliphatic heterocycles. The summed E-state index contributed by atoms with van der Waals surface area (Å²) in [5.74, 6) is 0. The van der Waals surface area contributed by atoms with Crippen LogP contribution >= 0.6 is 11.6 Å². The second kappa shape index (κ2) is 5.17. The van der Waals surface area contributed by atoms with E-state index in [2.05, 4.69) is 0 Å². The smallest absolute Gasteiger partial charge is 0.0878 e. The highest BCUT2D eigenvalue weighted by Crippen LogP contribution is 2.23. The number of aliphatic hydroxyl groups is 2. The molecule has 0 aliphatic rings. The molecule has 0 saturated carbocycles. The van der Waals surface area contributed by atoms with Crippen LogP contribution in [0, 0.1) is 6.92 Å². The summed E-state index contributed by atoms with van der Waals surface area (Å²) in [6.07, 6.45) is 0.0927. The number of hydrogen-bond acceptors (Lipinski definition) is 2. The van der Waals surface area contributed by atoms with Crippen LogP contribution in [0.15, 0.2) is 18.2 Å². The lowest BCUT2D eigenvalue weighted by molar-refractivity contribution is -0.0629. The number of benzene rings is 1. The third kappa shape index (κ3) is 3.21. The van der Waals surface area contributed by atoms with E-state index >= 15 is 0 Å². The van der Waals surface area contributed by atoms with E-state index in [9.17, 15) is 10.2 Å². The molecule has 0 spiro atoms. The van der Waals surface area contributed by atoms with E-state index in [-0.39, 0.29) is 0 Å². The van der Waals surface area contributed by atoms with Gasteiger partial charge in [0.1, 0.15) is 0 Å². The van der Waals surface area contributed by atoms with Gasteiger partial charge < -0.3 is 10.2 Å². The molecule has 16 heavy (non-hydrogen) atoms. The van der Waals surface area contributed by atoms with Crippen molar-refractivity contribution in [2.45, 2.75) is 45.3 Å². The summed E-state index contributed by atoms with van der Waals surface area (Å²) in [4.78, 5) is 0. The van der Waals surface area contributed by atoms with Crippen molar-refractivity contribution in [2.75, 3.05) is 0 Å². The molecule has 2 atom stereocenters. The SMILES string of the molecule is CCC(C)(O)C(O)Cc1ccc(C)cc1Cl. The third-order valence-corrected chi connectivity index (χ3v) is 3.41. The van der Waals surface area contributed by atoms with Crippen molar-refractivity contribution in [1.29, 1.82) is 0 Å². The molecular weight excluding hydrogens is 224 g/mol. The van der Waals surface area contributed by atoms with Gasteiger partial charge in [0.05, 0.1) is 11.7 Å². The Morgan fingerprint density at radius 2 is 2.06 bits per heavy atom. The summed E-state index contributed by atoms with van der Waals surface area (Å²) in [5.41, 5.74) is 0.896. The van der Waals surface area contributed by atoms with Gasteiger partial charge in [0.25, 0.3) is 0 Å². The Labute approximate surface area is 102 Å². The summed E-state index contributed by atoms with van der Waals surface area (Å²) in [7, 11) is 0. The Bertz CT molecular complexity index is 361. The Hall–Kier alpha value is -0.570. The molecule has 0 radical (unpaired) electrons. The van der Waals surface area contributed by atoms with Crippen molar-refractivity contribution in [3.05, 3.63) is 34.3 Å². The molecule has 0 fully saturated rings. The predicted octanol–water partition coefficient (Wildman–Crippen LogP) is 2.71. The highest BCUT2D eigenvalue weighted by atomic mass is 35.5. The van der Waals surface area contributed by atoms with Gasteiger partial charge in [-0.05, 0) is 37.5 Å². The van der Waals surface area contributed by atoms with E-state index in [1.807, 2.05) is 32.0 Å². The van der Waals surface area contributed by atoms with Gasteiger partial charge in [-0.25, -0.2) is 0 Å². The van der Waals surface area contributed by atoms with Crippen LogP contribution in [0.4, 0.5) is 0 Å². The molecule has 2 N–H and O–H groups in total. The van der Waals surface area contributed by atoms with Crippen molar-refractivity contribution >= 4 is 11.6 Å². The molecule has 0 aliphatic carbocycles. The Kier molecular flexibility index (Phi) is 4.36. The van der Waals surface area contributed by atoms with Crippen molar-refractivity contribution in [3.8, 4) is 0 Å². The molecule has 1 aromatic rings. The lowest BCUT2D eigenvalue weighted by Gasteiger charge is -2.28. The Morgan fingerprint density at radius 1 is 1.44 bits per heavy atom. The van der Waals surface area contributed by atoms with Crippen LogP contribution in [0.1, 0.15) is 31.4 Å². The molecule has 90 valence electrons. The summed E-state index contributed by atoms with van der Waals surface area (Å²) < 4.78 is 0. The first-order valence-corrected chi connectivity index (χ1v) is 5.90. The number of rotatable bonds is 4. The van der Waals surface area contributed by atoms with E-state index in [1.165, 1.54) is 0 Å². The number of aliphatic hydroxyl groups excluding tert-OH is 1. The van der Waals surface area contributed by atoms with Gasteiger partial charge in [0.15, 0.2) is 0 Å². The molecule has 0 amide bonds. The molecule has 2 unspecified atom stereocenters. The minimum Gasteiger partial charge on any atom is -0.390 e. The van der Waals surface area contributed by atoms with Crippen LogP contribution < -0.4 is 0 Å². The zero-order valence-corrected chi connectivity index (χ0v) is 10.8. The molecule has 3 heteroatoms. The normalized spacial score (nSPS) is 16.9. The van der Waals surface area contributed by atoms with E-state index in [0.717, 1.165) is 11.1 Å². The van der Waals surface area contributed by atoms with Crippen LogP contribution in [-0.2, 0) is 6.42 Å². The monoisotopic (exact) mass is 242 g/mol. The highest BCUT2D eigenvalue weighted by Gasteiger charge is 2.28. The standard InChI is InChI=1S/C13H19ClO2/c1-4-13(3,16)12(15)8-10-6-5-9(2)7-11(10)14/h5-7,12,15-16H,4,8H2,1-3H3. The average Bonchev–Trinajstić information content (AvgIpc) is 2.22. The highest BCUT2D eigenvalue weighted by molar-refractivity contribution is 6.31. The number of halogens is 1. The zero-order chi connectivity index (χ0) is 12.3. The third-order valence-electron chi connectivity index (χ3n) is 3.06. The van der Waals surface area contributed by atoms with Gasteiger partial charge in [-0.1, -0.05) is 30.7 Å². The minimum absolute atomic E-state index is 0.375. The van der Waals surface area contributed by atoms with E-state index in [0.29, 0.717) is 17.9 Å². The van der Waals surface area contributed by atoms with Gasteiger partial charge in [-0.3, -0.25) is 0 Å². The van der Waals surface area contributed by atoms with Crippen LogP contribution in [-0.4, -0.2) is 21.9 Å². The van der Waals surface area contributed by atoms with E-state index < -0.39 is 11.7 Å². The van der Waals surface area contributed by atoms with Crippen molar-refractivity contribution in [1.82, 2.24) is 0 Å². The first-order valence-electron chi connectivity index (χ1n) is 5.52. The van der Waals surface area contributed by atoms with Crippen molar-refractivity contribution < 1.29 is 10.2 Å². The van der Waals surface area contributed by atoms with E-state index in [4.69, 9.17) is 11.6 Å². The second-order valence-corrected chi connectivity index (χ2v) is 4.93. The fourth-order valence-electron chi connectivity index (χ4n) is 1.48. The second-order valence-electron chi connectivity index (χ2n) is 4.53. The summed E-state index contributed by atoms with van der Waals surface area (Å²) in [5, 5.41) is 20.5. The van der Waals surface area contributed by atoms with Crippen LogP contribution in [0.25, 0.3) is 0 Å². The van der Waals surface area contributed by atoms with Crippen LogP contribution in [0.3, 0.4) is 0 Å². The first kappa shape index (κ1) is 13.5. The Morgan fingerprint density at radius 3 is 2.56 bits per heavy atom. The van der Waals surface area contributed by atoms with Gasteiger partial charge in [0, 0.05) is 11.4 Å². The molecule has 1 rings (SSSR count). The maximum Gasteiger partial charge on any atom is 0.0878 e. The molecule has 0 saturated heterocycles. The summed E-state index contributed by atoms with van der Waals surface area (Å²) in [6, 6.07) is 5.71. The maximum absolute atomic E-state index is 9.92. The molecule has 2 nitrogen and oxygen atoms in total. The fraction of sp³-hybridized carbons (Fsp3) is 0.538. The van der Waals surface area contributed by atoms with Gasteiger partial charge in [-0.2, -0.15) is 0 Å². The maximum atomic E-state index is 9.92. The number of hydrogen-bond donors (Lipinski definition) is 2. The van der Waals surface area contributed by atoms with Gasteiger partial charge in [-0.15, -0.1) is 0 Å². The number of aryl methyl sites for hydroxylation is 1. The van der Waals surface area contributed by atoms with Crippen LogP contribution in [0.2, 0.25) is 5.02 Å². The lowest BCUT2D eigenvalue weighted by Crippen LogP contribution is -2.40. The Balaban J connectivity index is 2.81. The van der Waals surface area contributed by atoms with Crippen molar-refractivity contribution in [3.63, 3.8) is 0 Å². The molecule has 0 bridgehead atoms. The minimum atomic E-state index is -1.06.